The van der Waals surface area contributed by atoms with E-state index in [0.717, 1.165) is 32.0 Å². The average Bonchev–Trinajstić information content (AvgIpc) is 3.18. The Balaban J connectivity index is 0.00000300. The summed E-state index contributed by atoms with van der Waals surface area (Å²) in [5, 5.41) is 6.69. The quantitative estimate of drug-likeness (QED) is 0.336. The molecule has 3 rings (SSSR count). The number of aliphatic imine (C=N–C) groups is 1. The second-order valence-electron chi connectivity index (χ2n) is 7.16. The van der Waals surface area contributed by atoms with Gasteiger partial charge >= 0.3 is 0 Å². The van der Waals surface area contributed by atoms with E-state index >= 15 is 0 Å². The van der Waals surface area contributed by atoms with Gasteiger partial charge in [0.25, 0.3) is 0 Å². The number of anilines is 1. The van der Waals surface area contributed by atoms with Crippen LogP contribution < -0.4 is 20.3 Å². The Morgan fingerprint density at radius 3 is 2.72 bits per heavy atom. The van der Waals surface area contributed by atoms with Gasteiger partial charge in [-0.15, -0.1) is 24.0 Å². The molecule has 1 fully saturated rings. The van der Waals surface area contributed by atoms with Gasteiger partial charge in [0.15, 0.2) is 5.96 Å². The topological polar surface area (TPSA) is 48.9 Å². The van der Waals surface area contributed by atoms with E-state index in [2.05, 4.69) is 44.8 Å². The van der Waals surface area contributed by atoms with Crippen LogP contribution in [0.3, 0.4) is 0 Å². The van der Waals surface area contributed by atoms with Crippen LogP contribution in [0.5, 0.6) is 5.75 Å². The minimum Gasteiger partial charge on any atom is -0.489 e. The molecule has 2 aromatic carbocycles. The fraction of sp³-hybridized carbons (Fsp3) is 0.409. The number of ether oxygens (including phenoxy) is 1. The van der Waals surface area contributed by atoms with Gasteiger partial charge < -0.3 is 20.3 Å². The van der Waals surface area contributed by atoms with Crippen molar-refractivity contribution in [2.45, 2.75) is 19.4 Å². The first-order chi connectivity index (χ1) is 13.6. The summed E-state index contributed by atoms with van der Waals surface area (Å²) in [6, 6.07) is 16.7. The van der Waals surface area contributed by atoms with E-state index in [1.165, 1.54) is 17.8 Å². The van der Waals surface area contributed by atoms with Gasteiger partial charge in [0, 0.05) is 38.4 Å². The summed E-state index contributed by atoms with van der Waals surface area (Å²) < 4.78 is 19.0. The van der Waals surface area contributed by atoms with Gasteiger partial charge in [-0.1, -0.05) is 24.3 Å². The third-order valence-corrected chi connectivity index (χ3v) is 4.88. The minimum absolute atomic E-state index is 0. The van der Waals surface area contributed by atoms with Crippen molar-refractivity contribution in [2.24, 2.45) is 10.9 Å². The van der Waals surface area contributed by atoms with Crippen LogP contribution >= 0.6 is 24.0 Å². The highest BCUT2D eigenvalue weighted by Crippen LogP contribution is 2.22. The number of nitrogens with zero attached hydrogens (tertiary/aromatic N) is 2. The van der Waals surface area contributed by atoms with E-state index in [1.807, 2.05) is 13.0 Å². The molecule has 2 aromatic rings. The molecule has 0 spiro atoms. The van der Waals surface area contributed by atoms with Crippen LogP contribution in [0.4, 0.5) is 10.1 Å². The molecule has 1 aliphatic heterocycles. The van der Waals surface area contributed by atoms with Crippen molar-refractivity contribution in [3.8, 4) is 5.75 Å². The van der Waals surface area contributed by atoms with Crippen LogP contribution in [-0.2, 0) is 0 Å². The van der Waals surface area contributed by atoms with E-state index in [1.54, 1.807) is 19.2 Å². The van der Waals surface area contributed by atoms with E-state index < -0.39 is 0 Å². The molecule has 5 nitrogen and oxygen atoms in total. The molecule has 2 atom stereocenters. The number of hydrogen-bond donors (Lipinski definition) is 2. The summed E-state index contributed by atoms with van der Waals surface area (Å²) in [6.45, 7) is 5.53. The van der Waals surface area contributed by atoms with Gasteiger partial charge in [-0.05, 0) is 43.5 Å². The minimum atomic E-state index is -0.295. The molecule has 1 aliphatic rings. The van der Waals surface area contributed by atoms with Crippen molar-refractivity contribution >= 4 is 35.6 Å². The zero-order chi connectivity index (χ0) is 19.8. The molecule has 29 heavy (non-hydrogen) atoms. The van der Waals surface area contributed by atoms with Crippen LogP contribution in [0.1, 0.15) is 13.3 Å². The van der Waals surface area contributed by atoms with Gasteiger partial charge in [0.1, 0.15) is 17.7 Å². The standard InChI is InChI=1S/C22H29FN4O.HI/c1-17(28-21-10-6-7-19(23)13-21)14-25-22(24-2)26-15-18-11-12-27(16-18)20-8-4-3-5-9-20;/h3-10,13,17-18H,11-12,14-16H2,1-2H3,(H2,24,25,26);1H. The normalized spacial score (nSPS) is 17.4. The first kappa shape index (κ1) is 23.3. The summed E-state index contributed by atoms with van der Waals surface area (Å²) in [5.41, 5.74) is 1.29. The average molecular weight is 512 g/mol. The van der Waals surface area contributed by atoms with E-state index in [0.29, 0.717) is 18.2 Å². The van der Waals surface area contributed by atoms with Crippen molar-refractivity contribution in [1.29, 1.82) is 0 Å². The molecule has 2 unspecified atom stereocenters. The number of guanidine groups is 1. The Hall–Kier alpha value is -2.03. The predicted octanol–water partition coefficient (Wildman–Crippen LogP) is 3.90. The smallest absolute Gasteiger partial charge is 0.191 e. The van der Waals surface area contributed by atoms with Crippen LogP contribution in [0, 0.1) is 11.7 Å². The van der Waals surface area contributed by atoms with Crippen molar-refractivity contribution < 1.29 is 9.13 Å². The molecular weight excluding hydrogens is 482 g/mol. The zero-order valence-electron chi connectivity index (χ0n) is 17.0. The number of para-hydroxylation sites is 1. The SMILES string of the molecule is CN=C(NCC1CCN(c2ccccc2)C1)NCC(C)Oc1cccc(F)c1.I. The third-order valence-electron chi connectivity index (χ3n) is 4.88. The zero-order valence-corrected chi connectivity index (χ0v) is 19.3. The monoisotopic (exact) mass is 512 g/mol. The van der Waals surface area contributed by atoms with Crippen LogP contribution in [0.25, 0.3) is 0 Å². The first-order valence-corrected chi connectivity index (χ1v) is 9.81. The summed E-state index contributed by atoms with van der Waals surface area (Å²) >= 11 is 0. The largest absolute Gasteiger partial charge is 0.489 e. The Labute approximate surface area is 189 Å². The maximum absolute atomic E-state index is 13.2. The van der Waals surface area contributed by atoms with Crippen molar-refractivity contribution in [3.05, 3.63) is 60.4 Å². The predicted molar refractivity (Wildman–Crippen MR) is 128 cm³/mol. The van der Waals surface area contributed by atoms with Gasteiger partial charge in [-0.25, -0.2) is 4.39 Å². The van der Waals surface area contributed by atoms with Crippen molar-refractivity contribution in [1.82, 2.24) is 10.6 Å². The molecule has 0 bridgehead atoms. The lowest BCUT2D eigenvalue weighted by Crippen LogP contribution is -2.43. The highest BCUT2D eigenvalue weighted by molar-refractivity contribution is 14.0. The number of nitrogens with one attached hydrogen (secondary N) is 2. The van der Waals surface area contributed by atoms with Crippen LogP contribution in [-0.4, -0.2) is 45.3 Å². The maximum Gasteiger partial charge on any atom is 0.191 e. The molecule has 0 aliphatic carbocycles. The van der Waals surface area contributed by atoms with E-state index in [4.69, 9.17) is 4.74 Å². The second-order valence-corrected chi connectivity index (χ2v) is 7.16. The van der Waals surface area contributed by atoms with E-state index in [9.17, 15) is 4.39 Å². The highest BCUT2D eigenvalue weighted by atomic mass is 127. The number of rotatable bonds is 7. The summed E-state index contributed by atoms with van der Waals surface area (Å²) in [7, 11) is 1.76. The molecule has 158 valence electrons. The number of halogens is 2. The van der Waals surface area contributed by atoms with Crippen molar-refractivity contribution in [2.75, 3.05) is 38.1 Å². The fourth-order valence-corrected chi connectivity index (χ4v) is 3.39. The van der Waals surface area contributed by atoms with Gasteiger partial charge in [0.05, 0.1) is 6.54 Å². The molecule has 1 saturated heterocycles. The Morgan fingerprint density at radius 1 is 1.21 bits per heavy atom. The molecule has 0 amide bonds. The summed E-state index contributed by atoms with van der Waals surface area (Å²) in [4.78, 5) is 6.71. The van der Waals surface area contributed by atoms with Crippen LogP contribution in [0.15, 0.2) is 59.6 Å². The summed E-state index contributed by atoms with van der Waals surface area (Å²) in [6.07, 6.45) is 1.05. The van der Waals surface area contributed by atoms with Gasteiger partial charge in [-0.3, -0.25) is 4.99 Å². The van der Waals surface area contributed by atoms with Crippen LogP contribution in [0.2, 0.25) is 0 Å². The second kappa shape index (κ2) is 11.8. The fourth-order valence-electron chi connectivity index (χ4n) is 3.39. The lowest BCUT2D eigenvalue weighted by Gasteiger charge is -2.20. The Bertz CT molecular complexity index is 774. The molecule has 0 radical (unpaired) electrons. The molecule has 2 N–H and O–H groups in total. The van der Waals surface area contributed by atoms with Gasteiger partial charge in [-0.2, -0.15) is 0 Å². The third kappa shape index (κ3) is 7.38. The number of hydrogen-bond acceptors (Lipinski definition) is 3. The number of benzene rings is 2. The van der Waals surface area contributed by atoms with E-state index in [-0.39, 0.29) is 35.9 Å². The molecule has 0 saturated carbocycles. The lowest BCUT2D eigenvalue weighted by molar-refractivity contribution is 0.223. The molecule has 1 heterocycles. The first-order valence-electron chi connectivity index (χ1n) is 9.81. The molecule has 7 heteroatoms. The Kier molecular flexibility index (Phi) is 9.50. The lowest BCUT2D eigenvalue weighted by atomic mass is 10.1. The molecular formula is C22H30FIN4O. The van der Waals surface area contributed by atoms with Gasteiger partial charge in [0.2, 0.25) is 0 Å². The highest BCUT2D eigenvalue weighted by Gasteiger charge is 2.22. The molecule has 0 aromatic heterocycles. The maximum atomic E-state index is 13.2. The summed E-state index contributed by atoms with van der Waals surface area (Å²) in [5.74, 6) is 1.58. The Morgan fingerprint density at radius 2 is 2.00 bits per heavy atom. The van der Waals surface area contributed by atoms with Crippen molar-refractivity contribution in [3.63, 3.8) is 0 Å².